The van der Waals surface area contributed by atoms with E-state index in [1.807, 2.05) is 12.1 Å². The first-order chi connectivity index (χ1) is 8.04. The van der Waals surface area contributed by atoms with Gasteiger partial charge in [0.25, 0.3) is 0 Å². The van der Waals surface area contributed by atoms with Crippen molar-refractivity contribution in [3.63, 3.8) is 0 Å². The standard InChI is InChI=1S/C14H22O3/c1-14(2,3)12-4-6-13(7-5-12)17-11-10-16-9-8-15/h4-7,15H,8-11H2,1-3H3. The molecule has 17 heavy (non-hydrogen) atoms. The fourth-order valence-electron chi connectivity index (χ4n) is 1.44. The average Bonchev–Trinajstić information content (AvgIpc) is 2.28. The Balaban J connectivity index is 2.36. The van der Waals surface area contributed by atoms with E-state index in [1.54, 1.807) is 0 Å². The second-order valence-electron chi connectivity index (χ2n) is 4.96. The van der Waals surface area contributed by atoms with Gasteiger partial charge in [-0.25, -0.2) is 0 Å². The molecule has 0 aliphatic carbocycles. The Labute approximate surface area is 103 Å². The normalized spacial score (nSPS) is 11.5. The van der Waals surface area contributed by atoms with Crippen LogP contribution in [0.2, 0.25) is 0 Å². The van der Waals surface area contributed by atoms with Gasteiger partial charge in [-0.3, -0.25) is 0 Å². The summed E-state index contributed by atoms with van der Waals surface area (Å²) in [4.78, 5) is 0. The number of hydrogen-bond donors (Lipinski definition) is 1. The van der Waals surface area contributed by atoms with Crippen LogP contribution in [-0.2, 0) is 10.2 Å². The van der Waals surface area contributed by atoms with Crippen molar-refractivity contribution in [3.05, 3.63) is 29.8 Å². The lowest BCUT2D eigenvalue weighted by Gasteiger charge is -2.19. The van der Waals surface area contributed by atoms with Gasteiger partial charge in [0.2, 0.25) is 0 Å². The van der Waals surface area contributed by atoms with E-state index >= 15 is 0 Å². The molecule has 0 amide bonds. The van der Waals surface area contributed by atoms with E-state index in [1.165, 1.54) is 5.56 Å². The third-order valence-electron chi connectivity index (χ3n) is 2.45. The van der Waals surface area contributed by atoms with E-state index in [-0.39, 0.29) is 12.0 Å². The highest BCUT2D eigenvalue weighted by atomic mass is 16.5. The molecule has 1 aromatic carbocycles. The number of aliphatic hydroxyl groups excluding tert-OH is 1. The lowest BCUT2D eigenvalue weighted by Crippen LogP contribution is -2.11. The second kappa shape index (κ2) is 6.62. The molecule has 0 fully saturated rings. The van der Waals surface area contributed by atoms with Crippen molar-refractivity contribution in [1.29, 1.82) is 0 Å². The molecule has 0 atom stereocenters. The fraction of sp³-hybridized carbons (Fsp3) is 0.571. The van der Waals surface area contributed by atoms with Crippen molar-refractivity contribution < 1.29 is 14.6 Å². The SMILES string of the molecule is CC(C)(C)c1ccc(OCCOCCO)cc1. The zero-order valence-corrected chi connectivity index (χ0v) is 10.9. The summed E-state index contributed by atoms with van der Waals surface area (Å²) in [5.41, 5.74) is 1.46. The fourth-order valence-corrected chi connectivity index (χ4v) is 1.44. The summed E-state index contributed by atoms with van der Waals surface area (Å²) in [7, 11) is 0. The zero-order valence-electron chi connectivity index (χ0n) is 10.9. The number of hydrogen-bond acceptors (Lipinski definition) is 3. The predicted molar refractivity (Wildman–Crippen MR) is 68.5 cm³/mol. The lowest BCUT2D eigenvalue weighted by atomic mass is 9.87. The van der Waals surface area contributed by atoms with Crippen LogP contribution in [0.4, 0.5) is 0 Å². The topological polar surface area (TPSA) is 38.7 Å². The first kappa shape index (κ1) is 14.0. The Hall–Kier alpha value is -1.06. The minimum atomic E-state index is 0.0558. The number of ether oxygens (including phenoxy) is 2. The molecule has 0 aromatic heterocycles. The van der Waals surface area contributed by atoms with Crippen LogP contribution < -0.4 is 4.74 Å². The van der Waals surface area contributed by atoms with E-state index in [9.17, 15) is 0 Å². The minimum Gasteiger partial charge on any atom is -0.491 e. The van der Waals surface area contributed by atoms with Crippen LogP contribution in [0.3, 0.4) is 0 Å². The van der Waals surface area contributed by atoms with Crippen LogP contribution in [0.5, 0.6) is 5.75 Å². The summed E-state index contributed by atoms with van der Waals surface area (Å²) in [6.45, 7) is 7.99. The molecule has 1 rings (SSSR count). The monoisotopic (exact) mass is 238 g/mol. The van der Waals surface area contributed by atoms with Crippen LogP contribution >= 0.6 is 0 Å². The Kier molecular flexibility index (Phi) is 5.45. The zero-order chi connectivity index (χ0) is 12.7. The van der Waals surface area contributed by atoms with Crippen LogP contribution in [0.25, 0.3) is 0 Å². The molecule has 0 bridgehead atoms. The van der Waals surface area contributed by atoms with Crippen molar-refractivity contribution >= 4 is 0 Å². The molecule has 3 nitrogen and oxygen atoms in total. The number of rotatable bonds is 6. The summed E-state index contributed by atoms with van der Waals surface area (Å²) in [6, 6.07) is 8.13. The van der Waals surface area contributed by atoms with E-state index in [0.717, 1.165) is 5.75 Å². The molecule has 0 saturated heterocycles. The van der Waals surface area contributed by atoms with Gasteiger partial charge in [-0.05, 0) is 23.1 Å². The molecule has 0 aliphatic rings. The molecule has 0 heterocycles. The number of aliphatic hydroxyl groups is 1. The van der Waals surface area contributed by atoms with E-state index in [0.29, 0.717) is 19.8 Å². The second-order valence-corrected chi connectivity index (χ2v) is 4.96. The van der Waals surface area contributed by atoms with Crippen LogP contribution in [0, 0.1) is 0 Å². The molecular weight excluding hydrogens is 216 g/mol. The molecule has 3 heteroatoms. The molecule has 96 valence electrons. The summed E-state index contributed by atoms with van der Waals surface area (Å²) >= 11 is 0. The van der Waals surface area contributed by atoms with Gasteiger partial charge >= 0.3 is 0 Å². The van der Waals surface area contributed by atoms with E-state index < -0.39 is 0 Å². The van der Waals surface area contributed by atoms with Gasteiger partial charge in [-0.1, -0.05) is 32.9 Å². The van der Waals surface area contributed by atoms with Crippen molar-refractivity contribution in [2.45, 2.75) is 26.2 Å². The van der Waals surface area contributed by atoms with Crippen LogP contribution in [-0.4, -0.2) is 31.5 Å². The molecule has 0 unspecified atom stereocenters. The van der Waals surface area contributed by atoms with Gasteiger partial charge in [0.05, 0.1) is 19.8 Å². The third kappa shape index (κ3) is 5.20. The van der Waals surface area contributed by atoms with Crippen LogP contribution in [0.1, 0.15) is 26.3 Å². The molecule has 0 aliphatic heterocycles. The Morgan fingerprint density at radius 3 is 2.18 bits per heavy atom. The molecule has 0 spiro atoms. The molecule has 1 N–H and O–H groups in total. The summed E-state index contributed by atoms with van der Waals surface area (Å²) < 4.78 is 10.6. The first-order valence-corrected chi connectivity index (χ1v) is 5.96. The maximum absolute atomic E-state index is 8.52. The first-order valence-electron chi connectivity index (χ1n) is 5.96. The van der Waals surface area contributed by atoms with Crippen molar-refractivity contribution in [3.8, 4) is 5.75 Å². The van der Waals surface area contributed by atoms with Crippen molar-refractivity contribution in [2.75, 3.05) is 26.4 Å². The van der Waals surface area contributed by atoms with Crippen molar-refractivity contribution in [1.82, 2.24) is 0 Å². The van der Waals surface area contributed by atoms with Gasteiger partial charge in [-0.15, -0.1) is 0 Å². The van der Waals surface area contributed by atoms with Gasteiger partial charge in [0.15, 0.2) is 0 Å². The molecule has 0 saturated carbocycles. The van der Waals surface area contributed by atoms with Gasteiger partial charge < -0.3 is 14.6 Å². The average molecular weight is 238 g/mol. The summed E-state index contributed by atoms with van der Waals surface area (Å²) in [5, 5.41) is 8.52. The summed E-state index contributed by atoms with van der Waals surface area (Å²) in [6.07, 6.45) is 0. The number of benzene rings is 1. The molecule has 0 radical (unpaired) electrons. The van der Waals surface area contributed by atoms with Crippen LogP contribution in [0.15, 0.2) is 24.3 Å². The largest absolute Gasteiger partial charge is 0.491 e. The summed E-state index contributed by atoms with van der Waals surface area (Å²) in [5.74, 6) is 0.852. The molecular formula is C14H22O3. The lowest BCUT2D eigenvalue weighted by molar-refractivity contribution is 0.0705. The van der Waals surface area contributed by atoms with E-state index in [2.05, 4.69) is 32.9 Å². The maximum atomic E-state index is 8.52. The van der Waals surface area contributed by atoms with E-state index in [4.69, 9.17) is 14.6 Å². The Bertz CT molecular complexity index is 311. The smallest absolute Gasteiger partial charge is 0.119 e. The quantitative estimate of drug-likeness (QED) is 0.773. The highest BCUT2D eigenvalue weighted by Crippen LogP contribution is 2.24. The highest BCUT2D eigenvalue weighted by Gasteiger charge is 2.12. The maximum Gasteiger partial charge on any atom is 0.119 e. The van der Waals surface area contributed by atoms with Gasteiger partial charge in [-0.2, -0.15) is 0 Å². The van der Waals surface area contributed by atoms with Gasteiger partial charge in [0, 0.05) is 0 Å². The predicted octanol–water partition coefficient (Wildman–Crippen LogP) is 2.37. The van der Waals surface area contributed by atoms with Crippen molar-refractivity contribution in [2.24, 2.45) is 0 Å². The third-order valence-corrected chi connectivity index (χ3v) is 2.45. The van der Waals surface area contributed by atoms with Gasteiger partial charge in [0.1, 0.15) is 12.4 Å². The minimum absolute atomic E-state index is 0.0558. The Morgan fingerprint density at radius 1 is 1.00 bits per heavy atom. The Morgan fingerprint density at radius 2 is 1.65 bits per heavy atom. The molecule has 1 aromatic rings. The highest BCUT2D eigenvalue weighted by molar-refractivity contribution is 5.31.